The van der Waals surface area contributed by atoms with Crippen LogP contribution in [0.15, 0.2) is 0 Å². The molecular weight excluding hydrogens is 190 g/mol. The molecule has 0 radical (unpaired) electrons. The summed E-state index contributed by atoms with van der Waals surface area (Å²) >= 11 is 0. The first-order valence-electron chi connectivity index (χ1n) is 6.00. The number of hydrogen-bond acceptors (Lipinski definition) is 2. The molecule has 0 amide bonds. The molecule has 2 unspecified atom stereocenters. The van der Waals surface area contributed by atoms with Crippen molar-refractivity contribution < 1.29 is 9.90 Å². The van der Waals surface area contributed by atoms with Crippen LogP contribution in [-0.2, 0) is 4.79 Å². The van der Waals surface area contributed by atoms with Crippen molar-refractivity contribution in [2.45, 2.75) is 58.0 Å². The van der Waals surface area contributed by atoms with Crippen LogP contribution in [0.2, 0.25) is 0 Å². The summed E-state index contributed by atoms with van der Waals surface area (Å²) in [5.74, 6) is -0.653. The molecule has 3 heteroatoms. The first kappa shape index (κ1) is 10.9. The monoisotopic (exact) mass is 211 g/mol. The van der Waals surface area contributed by atoms with Gasteiger partial charge in [-0.25, -0.2) is 0 Å². The Bertz CT molecular complexity index is 260. The topological polar surface area (TPSA) is 40.5 Å². The smallest absolute Gasteiger partial charge is 0.304 e. The molecule has 0 aromatic carbocycles. The maximum atomic E-state index is 10.8. The quantitative estimate of drug-likeness (QED) is 0.774. The maximum Gasteiger partial charge on any atom is 0.304 e. The van der Waals surface area contributed by atoms with Crippen LogP contribution in [0, 0.1) is 5.41 Å². The average molecular weight is 211 g/mol. The fourth-order valence-corrected chi connectivity index (χ4v) is 2.80. The Morgan fingerprint density at radius 1 is 1.60 bits per heavy atom. The second-order valence-corrected chi connectivity index (χ2v) is 5.46. The van der Waals surface area contributed by atoms with Crippen molar-refractivity contribution in [3.05, 3.63) is 0 Å². The number of nitrogens with zero attached hydrogens (tertiary/aromatic N) is 1. The second-order valence-electron chi connectivity index (χ2n) is 5.46. The highest BCUT2D eigenvalue weighted by molar-refractivity contribution is 5.67. The molecule has 0 aromatic rings. The minimum atomic E-state index is -0.653. The van der Waals surface area contributed by atoms with Crippen molar-refractivity contribution in [1.29, 1.82) is 0 Å². The largest absolute Gasteiger partial charge is 0.481 e. The third-order valence-electron chi connectivity index (χ3n) is 4.38. The average Bonchev–Trinajstić information content (AvgIpc) is 2.75. The van der Waals surface area contributed by atoms with Crippen molar-refractivity contribution in [3.8, 4) is 0 Å². The third-order valence-corrected chi connectivity index (χ3v) is 4.38. The number of carboxylic acids is 1. The van der Waals surface area contributed by atoms with E-state index >= 15 is 0 Å². The molecule has 0 bridgehead atoms. The molecule has 1 aliphatic heterocycles. The van der Waals surface area contributed by atoms with Crippen LogP contribution in [-0.4, -0.2) is 34.6 Å². The maximum absolute atomic E-state index is 10.8. The standard InChI is InChI=1S/C12H21NO2/c1-9(12(2)5-6-12)13-7-3-4-10(13)8-11(14)15/h9-10H,3-8H2,1-2H3,(H,14,15). The van der Waals surface area contributed by atoms with Crippen molar-refractivity contribution >= 4 is 5.97 Å². The molecule has 2 atom stereocenters. The van der Waals surface area contributed by atoms with Crippen LogP contribution in [0.1, 0.15) is 46.0 Å². The molecule has 1 saturated heterocycles. The predicted octanol–water partition coefficient (Wildman–Crippen LogP) is 2.11. The van der Waals surface area contributed by atoms with Gasteiger partial charge in [0.15, 0.2) is 0 Å². The summed E-state index contributed by atoms with van der Waals surface area (Å²) < 4.78 is 0. The van der Waals surface area contributed by atoms with E-state index in [1.54, 1.807) is 0 Å². The predicted molar refractivity (Wildman–Crippen MR) is 58.8 cm³/mol. The van der Waals surface area contributed by atoms with Gasteiger partial charge in [-0.15, -0.1) is 0 Å². The van der Waals surface area contributed by atoms with Crippen molar-refractivity contribution in [2.75, 3.05) is 6.54 Å². The van der Waals surface area contributed by atoms with Gasteiger partial charge >= 0.3 is 5.97 Å². The molecule has 2 fully saturated rings. The van der Waals surface area contributed by atoms with Crippen LogP contribution in [0.3, 0.4) is 0 Å². The Balaban J connectivity index is 1.97. The highest BCUT2D eigenvalue weighted by Crippen LogP contribution is 2.51. The van der Waals surface area contributed by atoms with Gasteiger partial charge in [0.1, 0.15) is 0 Å². The fourth-order valence-electron chi connectivity index (χ4n) is 2.80. The zero-order chi connectivity index (χ0) is 11.1. The first-order chi connectivity index (χ1) is 7.03. The van der Waals surface area contributed by atoms with Gasteiger partial charge in [-0.05, 0) is 44.6 Å². The third kappa shape index (κ3) is 2.17. The Kier molecular flexibility index (Phi) is 2.75. The van der Waals surface area contributed by atoms with E-state index in [4.69, 9.17) is 5.11 Å². The van der Waals surface area contributed by atoms with E-state index in [9.17, 15) is 4.79 Å². The highest BCUT2D eigenvalue weighted by Gasteiger charge is 2.47. The van der Waals surface area contributed by atoms with Gasteiger partial charge in [0.05, 0.1) is 6.42 Å². The van der Waals surface area contributed by atoms with Crippen LogP contribution < -0.4 is 0 Å². The number of rotatable bonds is 4. The van der Waals surface area contributed by atoms with Gasteiger partial charge < -0.3 is 5.11 Å². The van der Waals surface area contributed by atoms with Crippen LogP contribution in [0.25, 0.3) is 0 Å². The lowest BCUT2D eigenvalue weighted by molar-refractivity contribution is -0.138. The van der Waals surface area contributed by atoms with Crippen LogP contribution in [0.4, 0.5) is 0 Å². The minimum Gasteiger partial charge on any atom is -0.481 e. The lowest BCUT2D eigenvalue weighted by Crippen LogP contribution is -2.42. The summed E-state index contributed by atoms with van der Waals surface area (Å²) in [6, 6.07) is 0.847. The fraction of sp³-hybridized carbons (Fsp3) is 0.917. The summed E-state index contributed by atoms with van der Waals surface area (Å²) in [6.07, 6.45) is 5.17. The van der Waals surface area contributed by atoms with Gasteiger partial charge in [0, 0.05) is 12.1 Å². The molecule has 2 rings (SSSR count). The second kappa shape index (κ2) is 3.78. The number of likely N-dealkylation sites (tertiary alicyclic amines) is 1. The summed E-state index contributed by atoms with van der Waals surface area (Å²) in [7, 11) is 0. The molecule has 1 N–H and O–H groups in total. The molecule has 3 nitrogen and oxygen atoms in total. The van der Waals surface area contributed by atoms with Gasteiger partial charge in [-0.1, -0.05) is 6.92 Å². The van der Waals surface area contributed by atoms with E-state index in [1.807, 2.05) is 0 Å². The van der Waals surface area contributed by atoms with Gasteiger partial charge in [-0.3, -0.25) is 9.69 Å². The Labute approximate surface area is 91.5 Å². The Hall–Kier alpha value is -0.570. The van der Waals surface area contributed by atoms with E-state index in [2.05, 4.69) is 18.7 Å². The zero-order valence-electron chi connectivity index (χ0n) is 9.70. The molecule has 0 aromatic heterocycles. The van der Waals surface area contributed by atoms with Gasteiger partial charge in [0.2, 0.25) is 0 Å². The van der Waals surface area contributed by atoms with E-state index in [1.165, 1.54) is 19.3 Å². The van der Waals surface area contributed by atoms with Crippen molar-refractivity contribution in [1.82, 2.24) is 4.90 Å². The normalized spacial score (nSPS) is 31.5. The Morgan fingerprint density at radius 3 is 2.80 bits per heavy atom. The molecule has 1 aliphatic carbocycles. The minimum absolute atomic E-state index is 0.287. The van der Waals surface area contributed by atoms with E-state index in [0.29, 0.717) is 17.9 Å². The number of hydrogen-bond donors (Lipinski definition) is 1. The molecule has 86 valence electrons. The van der Waals surface area contributed by atoms with Crippen LogP contribution >= 0.6 is 0 Å². The number of aliphatic carboxylic acids is 1. The molecular formula is C12H21NO2. The summed E-state index contributed by atoms with van der Waals surface area (Å²) in [5.41, 5.74) is 0.473. The summed E-state index contributed by atoms with van der Waals surface area (Å²) in [5, 5.41) is 8.87. The number of carbonyl (C=O) groups is 1. The molecule has 2 aliphatic rings. The van der Waals surface area contributed by atoms with Crippen LogP contribution in [0.5, 0.6) is 0 Å². The molecule has 0 spiro atoms. The summed E-state index contributed by atoms with van der Waals surface area (Å²) in [6.45, 7) is 5.69. The molecule has 15 heavy (non-hydrogen) atoms. The van der Waals surface area contributed by atoms with Crippen molar-refractivity contribution in [2.24, 2.45) is 5.41 Å². The Morgan fingerprint density at radius 2 is 2.27 bits per heavy atom. The SMILES string of the molecule is CC(N1CCCC1CC(=O)O)C1(C)CC1. The van der Waals surface area contributed by atoms with E-state index < -0.39 is 5.97 Å². The summed E-state index contributed by atoms with van der Waals surface area (Å²) in [4.78, 5) is 13.2. The molecule has 1 saturated carbocycles. The number of carboxylic acid groups (broad SMARTS) is 1. The molecule has 1 heterocycles. The van der Waals surface area contributed by atoms with E-state index in [0.717, 1.165) is 13.0 Å². The van der Waals surface area contributed by atoms with Gasteiger partial charge in [0.25, 0.3) is 0 Å². The zero-order valence-corrected chi connectivity index (χ0v) is 9.70. The van der Waals surface area contributed by atoms with Gasteiger partial charge in [-0.2, -0.15) is 0 Å². The van der Waals surface area contributed by atoms with Crippen molar-refractivity contribution in [3.63, 3.8) is 0 Å². The lowest BCUT2D eigenvalue weighted by atomic mass is 9.98. The lowest BCUT2D eigenvalue weighted by Gasteiger charge is -2.34. The highest BCUT2D eigenvalue weighted by atomic mass is 16.4. The van der Waals surface area contributed by atoms with E-state index in [-0.39, 0.29) is 6.04 Å². The first-order valence-corrected chi connectivity index (χ1v) is 6.00.